The van der Waals surface area contributed by atoms with Gasteiger partial charge in [0.05, 0.1) is 14.8 Å². The van der Waals surface area contributed by atoms with Gasteiger partial charge in [0.25, 0.3) is 0 Å². The number of rotatable bonds is 2. The molecule has 0 radical (unpaired) electrons. The molecule has 104 valence electrons. The lowest BCUT2D eigenvalue weighted by Crippen LogP contribution is -1.86. The van der Waals surface area contributed by atoms with Crippen molar-refractivity contribution < 1.29 is 5.11 Å². The third kappa shape index (κ3) is 3.08. The van der Waals surface area contributed by atoms with Crippen LogP contribution in [0.5, 0.6) is 5.75 Å². The molecule has 5 heteroatoms. The average molecular weight is 453 g/mol. The van der Waals surface area contributed by atoms with Crippen molar-refractivity contribution in [1.82, 2.24) is 4.98 Å². The van der Waals surface area contributed by atoms with Gasteiger partial charge in [-0.05, 0) is 46.9 Å². The number of benzene rings is 2. The molecule has 0 amide bonds. The van der Waals surface area contributed by atoms with Gasteiger partial charge in [-0.2, -0.15) is 0 Å². The van der Waals surface area contributed by atoms with Gasteiger partial charge in [-0.15, -0.1) is 0 Å². The highest BCUT2D eigenvalue weighted by molar-refractivity contribution is 14.1. The van der Waals surface area contributed by atoms with Crippen LogP contribution in [-0.2, 0) is 0 Å². The van der Waals surface area contributed by atoms with Gasteiger partial charge < -0.3 is 5.11 Å². The minimum absolute atomic E-state index is 0.232. The van der Waals surface area contributed by atoms with Crippen LogP contribution in [0.1, 0.15) is 5.56 Å². The van der Waals surface area contributed by atoms with E-state index in [1.54, 1.807) is 12.4 Å². The minimum Gasteiger partial charge on any atom is -0.506 e. The lowest BCUT2D eigenvalue weighted by molar-refractivity contribution is 0.470. The van der Waals surface area contributed by atoms with Gasteiger partial charge in [0, 0.05) is 27.8 Å². The largest absolute Gasteiger partial charge is 0.506 e. The Morgan fingerprint density at radius 2 is 2.00 bits per heavy atom. The summed E-state index contributed by atoms with van der Waals surface area (Å²) in [6, 6.07) is 13.4. The van der Waals surface area contributed by atoms with Crippen molar-refractivity contribution in [3.05, 3.63) is 62.3 Å². The van der Waals surface area contributed by atoms with Crippen LogP contribution in [0.15, 0.2) is 58.1 Å². The first-order chi connectivity index (χ1) is 10.1. The first kappa shape index (κ1) is 14.5. The number of aromatic hydroxyl groups is 1. The van der Waals surface area contributed by atoms with Crippen LogP contribution in [0.2, 0.25) is 0 Å². The molecule has 0 aliphatic rings. The van der Waals surface area contributed by atoms with Crippen LogP contribution in [0.25, 0.3) is 10.9 Å². The van der Waals surface area contributed by atoms with Crippen molar-refractivity contribution >= 4 is 61.3 Å². The molecule has 2 aromatic carbocycles. The molecule has 0 saturated carbocycles. The van der Waals surface area contributed by atoms with E-state index < -0.39 is 0 Å². The number of halogens is 2. The maximum atomic E-state index is 10.1. The van der Waals surface area contributed by atoms with Gasteiger partial charge in [0.2, 0.25) is 0 Å². The molecule has 0 fully saturated rings. The van der Waals surface area contributed by atoms with Crippen LogP contribution in [0, 0.1) is 3.57 Å². The van der Waals surface area contributed by atoms with Crippen molar-refractivity contribution in [2.75, 3.05) is 0 Å². The van der Waals surface area contributed by atoms with E-state index in [1.165, 1.54) is 0 Å². The summed E-state index contributed by atoms with van der Waals surface area (Å²) in [5, 5.41) is 11.1. The Morgan fingerprint density at radius 1 is 1.19 bits per heavy atom. The quantitative estimate of drug-likeness (QED) is 0.436. The molecular formula is C16H10BrIN2O. The Kier molecular flexibility index (Phi) is 4.21. The first-order valence-corrected chi connectivity index (χ1v) is 8.08. The van der Waals surface area contributed by atoms with E-state index in [0.29, 0.717) is 5.56 Å². The number of fused-ring (bicyclic) bond motifs is 1. The molecule has 3 nitrogen and oxygen atoms in total. The molecule has 0 spiro atoms. The van der Waals surface area contributed by atoms with Gasteiger partial charge in [0.1, 0.15) is 5.75 Å². The molecule has 1 N–H and O–H groups in total. The van der Waals surface area contributed by atoms with E-state index in [0.717, 1.165) is 24.6 Å². The monoisotopic (exact) mass is 452 g/mol. The van der Waals surface area contributed by atoms with E-state index in [1.807, 2.05) is 42.5 Å². The zero-order valence-electron chi connectivity index (χ0n) is 10.8. The average Bonchev–Trinajstić information content (AvgIpc) is 2.49. The highest BCUT2D eigenvalue weighted by Gasteiger charge is 2.06. The fourth-order valence-corrected chi connectivity index (χ4v) is 3.57. The minimum atomic E-state index is 0.232. The molecule has 0 unspecified atom stereocenters. The molecule has 0 aliphatic heterocycles. The fraction of sp³-hybridized carbons (Fsp3) is 0. The maximum Gasteiger partial charge on any atom is 0.137 e. The fourth-order valence-electron chi connectivity index (χ4n) is 2.02. The molecule has 0 bridgehead atoms. The summed E-state index contributed by atoms with van der Waals surface area (Å²) in [6.45, 7) is 0. The Balaban J connectivity index is 2.06. The highest BCUT2D eigenvalue weighted by atomic mass is 127. The van der Waals surface area contributed by atoms with Crippen molar-refractivity contribution in [3.63, 3.8) is 0 Å². The molecule has 0 saturated heterocycles. The number of hydrogen-bond acceptors (Lipinski definition) is 3. The van der Waals surface area contributed by atoms with Crippen LogP contribution >= 0.6 is 38.5 Å². The van der Waals surface area contributed by atoms with Crippen LogP contribution in [0.3, 0.4) is 0 Å². The van der Waals surface area contributed by atoms with Crippen molar-refractivity contribution in [2.45, 2.75) is 0 Å². The third-order valence-corrected chi connectivity index (χ3v) is 4.29. The number of aromatic nitrogens is 1. The maximum absolute atomic E-state index is 10.1. The number of pyridine rings is 1. The van der Waals surface area contributed by atoms with Crippen molar-refractivity contribution in [1.29, 1.82) is 0 Å². The lowest BCUT2D eigenvalue weighted by atomic mass is 10.2. The summed E-state index contributed by atoms with van der Waals surface area (Å²) in [5.74, 6) is 0.232. The Hall–Kier alpha value is -1.47. The Bertz CT molecular complexity index is 844. The molecule has 21 heavy (non-hydrogen) atoms. The predicted molar refractivity (Wildman–Crippen MR) is 97.5 cm³/mol. The summed E-state index contributed by atoms with van der Waals surface area (Å²) in [5.41, 5.74) is 2.30. The van der Waals surface area contributed by atoms with E-state index in [4.69, 9.17) is 0 Å². The zero-order valence-corrected chi connectivity index (χ0v) is 14.5. The van der Waals surface area contributed by atoms with E-state index in [9.17, 15) is 5.11 Å². The van der Waals surface area contributed by atoms with Crippen LogP contribution in [-0.4, -0.2) is 16.3 Å². The molecule has 1 heterocycles. The molecule has 3 aromatic rings. The number of aliphatic imine (C=N–C) groups is 1. The summed E-state index contributed by atoms with van der Waals surface area (Å²) < 4.78 is 1.68. The number of para-hydroxylation sites is 1. The predicted octanol–water partition coefficient (Wildman–Crippen LogP) is 5.06. The van der Waals surface area contributed by atoms with Gasteiger partial charge in [0.15, 0.2) is 0 Å². The van der Waals surface area contributed by atoms with E-state index in [-0.39, 0.29) is 5.75 Å². The van der Waals surface area contributed by atoms with Crippen molar-refractivity contribution in [2.24, 2.45) is 4.99 Å². The Labute approximate surface area is 144 Å². The smallest absolute Gasteiger partial charge is 0.137 e. The number of phenols is 1. The summed E-state index contributed by atoms with van der Waals surface area (Å²) >= 11 is 5.51. The summed E-state index contributed by atoms with van der Waals surface area (Å²) in [6.07, 6.45) is 3.41. The molecule has 3 rings (SSSR count). The van der Waals surface area contributed by atoms with Gasteiger partial charge in [-0.25, -0.2) is 0 Å². The number of phenolic OH excluding ortho intramolecular Hbond substituents is 1. The molecule has 0 aliphatic carbocycles. The van der Waals surface area contributed by atoms with Crippen molar-refractivity contribution in [3.8, 4) is 5.75 Å². The normalized spacial score (nSPS) is 11.3. The molecule has 0 atom stereocenters. The summed E-state index contributed by atoms with van der Waals surface area (Å²) in [7, 11) is 0. The van der Waals surface area contributed by atoms with E-state index >= 15 is 0 Å². The van der Waals surface area contributed by atoms with Gasteiger partial charge in [-0.1, -0.05) is 34.1 Å². The Morgan fingerprint density at radius 3 is 2.86 bits per heavy atom. The highest BCUT2D eigenvalue weighted by Crippen LogP contribution is 2.29. The van der Waals surface area contributed by atoms with E-state index in [2.05, 4.69) is 48.5 Å². The molecular weight excluding hydrogens is 443 g/mol. The first-order valence-electron chi connectivity index (χ1n) is 6.21. The standard InChI is InChI=1S/C16H10BrIN2O/c17-12-7-11(16(21)13(18)8-12)9-20-14-5-1-3-10-4-2-6-19-15(10)14/h1-9,21H. The zero-order chi connectivity index (χ0) is 14.8. The van der Waals surface area contributed by atoms with Crippen LogP contribution in [0.4, 0.5) is 5.69 Å². The number of hydrogen-bond donors (Lipinski definition) is 1. The van der Waals surface area contributed by atoms with Gasteiger partial charge >= 0.3 is 0 Å². The lowest BCUT2D eigenvalue weighted by Gasteiger charge is -2.04. The second-order valence-electron chi connectivity index (χ2n) is 4.44. The summed E-state index contributed by atoms with van der Waals surface area (Å²) in [4.78, 5) is 8.84. The SMILES string of the molecule is Oc1c(I)cc(Br)cc1C=Nc1cccc2cccnc12. The number of nitrogens with zero attached hydrogens (tertiary/aromatic N) is 2. The second kappa shape index (κ2) is 6.11. The third-order valence-electron chi connectivity index (χ3n) is 3.01. The molecule has 1 aromatic heterocycles. The van der Waals surface area contributed by atoms with Gasteiger partial charge in [-0.3, -0.25) is 9.98 Å². The topological polar surface area (TPSA) is 45.5 Å². The van der Waals surface area contributed by atoms with Crippen LogP contribution < -0.4 is 0 Å². The second-order valence-corrected chi connectivity index (χ2v) is 6.51.